The molecule has 6 nitrogen and oxygen atoms in total. The van der Waals surface area contributed by atoms with Crippen molar-refractivity contribution in [3.63, 3.8) is 0 Å². The molecule has 0 unspecified atom stereocenters. The first-order valence-electron chi connectivity index (χ1n) is 7.33. The van der Waals surface area contributed by atoms with Crippen LogP contribution in [0.3, 0.4) is 0 Å². The molecular formula is C18H13ClFN3O3. The number of rotatable bonds is 5. The first kappa shape index (κ1) is 19.0. The minimum absolute atomic E-state index is 0.0548. The molecule has 26 heavy (non-hydrogen) atoms. The number of carbonyl (C=O) groups is 2. The van der Waals surface area contributed by atoms with Gasteiger partial charge in [-0.2, -0.15) is 5.26 Å². The van der Waals surface area contributed by atoms with Crippen molar-refractivity contribution in [2.75, 3.05) is 6.61 Å². The zero-order valence-corrected chi connectivity index (χ0v) is 14.1. The summed E-state index contributed by atoms with van der Waals surface area (Å²) in [7, 11) is 0. The van der Waals surface area contributed by atoms with Crippen LogP contribution in [0.5, 0.6) is 5.75 Å². The summed E-state index contributed by atoms with van der Waals surface area (Å²) < 4.78 is 18.2. The number of ether oxygens (including phenoxy) is 1. The fraction of sp³-hybridized carbons (Fsp3) is 0.0556. The van der Waals surface area contributed by atoms with Crippen molar-refractivity contribution in [2.45, 2.75) is 0 Å². The number of amides is 2. The van der Waals surface area contributed by atoms with Crippen LogP contribution in [-0.4, -0.2) is 18.4 Å². The second-order valence-electron chi connectivity index (χ2n) is 4.97. The molecule has 0 saturated heterocycles. The van der Waals surface area contributed by atoms with E-state index >= 15 is 0 Å². The summed E-state index contributed by atoms with van der Waals surface area (Å²) in [5, 5.41) is 8.63. The summed E-state index contributed by atoms with van der Waals surface area (Å²) in [5.74, 6) is -1.29. The van der Waals surface area contributed by atoms with Gasteiger partial charge < -0.3 is 4.74 Å². The highest BCUT2D eigenvalue weighted by Crippen LogP contribution is 2.16. The van der Waals surface area contributed by atoms with Gasteiger partial charge in [0.25, 0.3) is 11.8 Å². The molecule has 2 aromatic rings. The number of hydrogen-bond acceptors (Lipinski definition) is 4. The maximum absolute atomic E-state index is 13.0. The lowest BCUT2D eigenvalue weighted by molar-refractivity contribution is -0.128. The van der Waals surface area contributed by atoms with Crippen LogP contribution in [0.15, 0.2) is 48.5 Å². The van der Waals surface area contributed by atoms with Crippen LogP contribution in [0.25, 0.3) is 6.08 Å². The van der Waals surface area contributed by atoms with Crippen LogP contribution < -0.4 is 15.6 Å². The van der Waals surface area contributed by atoms with Gasteiger partial charge in [-0.1, -0.05) is 17.7 Å². The third kappa shape index (κ3) is 5.92. The minimum atomic E-state index is -0.586. The van der Waals surface area contributed by atoms with Gasteiger partial charge in [0.1, 0.15) is 11.6 Å². The van der Waals surface area contributed by atoms with E-state index in [1.165, 1.54) is 24.3 Å². The van der Waals surface area contributed by atoms with Crippen LogP contribution in [0, 0.1) is 17.1 Å². The second kappa shape index (κ2) is 9.20. The summed E-state index contributed by atoms with van der Waals surface area (Å²) in [4.78, 5) is 23.2. The molecule has 8 heteroatoms. The second-order valence-corrected chi connectivity index (χ2v) is 5.38. The van der Waals surface area contributed by atoms with Crippen molar-refractivity contribution in [1.82, 2.24) is 10.9 Å². The van der Waals surface area contributed by atoms with Crippen LogP contribution in [0.1, 0.15) is 11.1 Å². The predicted octanol–water partition coefficient (Wildman–Crippen LogP) is 2.59. The van der Waals surface area contributed by atoms with Crippen molar-refractivity contribution < 1.29 is 18.7 Å². The Morgan fingerprint density at radius 3 is 2.58 bits per heavy atom. The van der Waals surface area contributed by atoms with Gasteiger partial charge >= 0.3 is 0 Å². The maximum Gasteiger partial charge on any atom is 0.276 e. The number of carbonyl (C=O) groups excluding carboxylic acids is 2. The summed E-state index contributed by atoms with van der Waals surface area (Å²) in [6.07, 6.45) is 2.57. The Hall–Kier alpha value is -3.37. The average Bonchev–Trinajstić information content (AvgIpc) is 2.66. The number of hydrazine groups is 1. The number of hydrogen-bond donors (Lipinski definition) is 2. The van der Waals surface area contributed by atoms with E-state index < -0.39 is 17.6 Å². The molecule has 0 atom stereocenters. The third-order valence-corrected chi connectivity index (χ3v) is 3.34. The highest BCUT2D eigenvalue weighted by molar-refractivity contribution is 6.30. The highest BCUT2D eigenvalue weighted by Gasteiger charge is 2.04. The molecule has 2 amide bonds. The van der Waals surface area contributed by atoms with Gasteiger partial charge in [-0.25, -0.2) is 4.39 Å². The Morgan fingerprint density at radius 2 is 1.92 bits per heavy atom. The molecule has 2 aromatic carbocycles. The summed E-state index contributed by atoms with van der Waals surface area (Å²) in [6, 6.07) is 12.2. The average molecular weight is 374 g/mol. The Labute approximate surface area is 153 Å². The van der Waals surface area contributed by atoms with E-state index in [0.29, 0.717) is 16.9 Å². The lowest BCUT2D eigenvalue weighted by atomic mass is 10.2. The maximum atomic E-state index is 13.0. The lowest BCUT2D eigenvalue weighted by Crippen LogP contribution is -2.43. The molecule has 0 saturated carbocycles. The number of nitrogens with one attached hydrogen (secondary N) is 2. The molecule has 0 aliphatic rings. The zero-order valence-electron chi connectivity index (χ0n) is 13.3. The monoisotopic (exact) mass is 373 g/mol. The van der Waals surface area contributed by atoms with E-state index in [9.17, 15) is 14.0 Å². The van der Waals surface area contributed by atoms with E-state index in [-0.39, 0.29) is 11.6 Å². The van der Waals surface area contributed by atoms with Crippen LogP contribution in [-0.2, 0) is 9.59 Å². The van der Waals surface area contributed by atoms with Gasteiger partial charge in [-0.3, -0.25) is 20.4 Å². The van der Waals surface area contributed by atoms with Gasteiger partial charge in [0.2, 0.25) is 0 Å². The van der Waals surface area contributed by atoms with Crippen LogP contribution in [0.4, 0.5) is 4.39 Å². The van der Waals surface area contributed by atoms with E-state index in [4.69, 9.17) is 21.6 Å². The first-order chi connectivity index (χ1) is 12.5. The fourth-order valence-corrected chi connectivity index (χ4v) is 1.96. The van der Waals surface area contributed by atoms with E-state index in [0.717, 1.165) is 6.08 Å². The topological polar surface area (TPSA) is 91.2 Å². The summed E-state index contributed by atoms with van der Waals surface area (Å²) >= 11 is 5.64. The quantitative estimate of drug-likeness (QED) is 0.622. The number of nitriles is 1. The zero-order chi connectivity index (χ0) is 18.9. The van der Waals surface area contributed by atoms with Crippen molar-refractivity contribution in [3.8, 4) is 11.8 Å². The molecular weight excluding hydrogens is 361 g/mol. The smallest absolute Gasteiger partial charge is 0.276 e. The fourth-order valence-electron chi connectivity index (χ4n) is 1.77. The molecule has 132 valence electrons. The standard InChI is InChI=1S/C18H13ClFN3O3/c19-15-9-12(3-7-16(15)20)4-8-17(24)22-23-18(25)11-26-14-5-1-13(10-21)2-6-14/h1-9H,11H2,(H,22,24)(H,23,25)/b8-4+. The molecule has 0 aliphatic heterocycles. The summed E-state index contributed by atoms with van der Waals surface area (Å²) in [5.41, 5.74) is 5.36. The molecule has 0 fully saturated rings. The van der Waals surface area contributed by atoms with Crippen molar-refractivity contribution >= 4 is 29.5 Å². The van der Waals surface area contributed by atoms with E-state index in [1.54, 1.807) is 24.3 Å². The van der Waals surface area contributed by atoms with Gasteiger partial charge in [-0.15, -0.1) is 0 Å². The minimum Gasteiger partial charge on any atom is -0.484 e. The third-order valence-electron chi connectivity index (χ3n) is 3.05. The molecule has 0 aliphatic carbocycles. The lowest BCUT2D eigenvalue weighted by Gasteiger charge is -2.07. The number of halogens is 2. The first-order valence-corrected chi connectivity index (χ1v) is 7.70. The number of nitrogens with zero attached hydrogens (tertiary/aromatic N) is 1. The highest BCUT2D eigenvalue weighted by atomic mass is 35.5. The van der Waals surface area contributed by atoms with Crippen LogP contribution in [0.2, 0.25) is 5.02 Å². The summed E-state index contributed by atoms with van der Waals surface area (Å²) in [6.45, 7) is -0.316. The van der Waals surface area contributed by atoms with E-state index in [1.807, 2.05) is 6.07 Å². The molecule has 2 N–H and O–H groups in total. The van der Waals surface area contributed by atoms with Crippen molar-refractivity contribution in [2.24, 2.45) is 0 Å². The predicted molar refractivity (Wildman–Crippen MR) is 93.4 cm³/mol. The van der Waals surface area contributed by atoms with Crippen molar-refractivity contribution in [1.29, 1.82) is 5.26 Å². The largest absolute Gasteiger partial charge is 0.484 e. The van der Waals surface area contributed by atoms with Crippen molar-refractivity contribution in [3.05, 3.63) is 70.5 Å². The Balaban J connectivity index is 1.75. The molecule has 0 bridgehead atoms. The Morgan fingerprint density at radius 1 is 1.19 bits per heavy atom. The molecule has 0 heterocycles. The Bertz CT molecular complexity index is 876. The van der Waals surface area contributed by atoms with Gasteiger partial charge in [-0.05, 0) is 48.0 Å². The molecule has 0 spiro atoms. The number of benzene rings is 2. The van der Waals surface area contributed by atoms with E-state index in [2.05, 4.69) is 10.9 Å². The Kier molecular flexibility index (Phi) is 6.71. The normalized spacial score (nSPS) is 10.2. The molecule has 2 rings (SSSR count). The van der Waals surface area contributed by atoms with Gasteiger partial charge in [0.15, 0.2) is 6.61 Å². The molecule has 0 radical (unpaired) electrons. The van der Waals surface area contributed by atoms with Crippen LogP contribution >= 0.6 is 11.6 Å². The molecule has 0 aromatic heterocycles. The SMILES string of the molecule is N#Cc1ccc(OCC(=O)NNC(=O)/C=C/c2ccc(F)c(Cl)c2)cc1. The van der Waals surface area contributed by atoms with Gasteiger partial charge in [0, 0.05) is 6.08 Å². The van der Waals surface area contributed by atoms with Gasteiger partial charge in [0.05, 0.1) is 16.7 Å².